The Balaban J connectivity index is 1.58. The van der Waals surface area contributed by atoms with Crippen LogP contribution in [-0.4, -0.2) is 21.2 Å². The average Bonchev–Trinajstić information content (AvgIpc) is 3.15. The number of benzene rings is 2. The first-order valence-corrected chi connectivity index (χ1v) is 11.8. The maximum absolute atomic E-state index is 13.2. The van der Waals surface area contributed by atoms with E-state index in [2.05, 4.69) is 12.2 Å². The number of rotatable bonds is 8. The second-order valence-corrected chi connectivity index (χ2v) is 9.03. The molecular weight excluding hydrogens is 414 g/mol. The van der Waals surface area contributed by atoms with Crippen LogP contribution in [0.1, 0.15) is 25.3 Å². The highest BCUT2D eigenvalue weighted by Crippen LogP contribution is 2.31. The molecule has 1 amide bonds. The van der Waals surface area contributed by atoms with Crippen LogP contribution in [0.5, 0.6) is 0 Å². The van der Waals surface area contributed by atoms with Crippen molar-refractivity contribution in [3.63, 3.8) is 0 Å². The van der Waals surface area contributed by atoms with Gasteiger partial charge in [0, 0.05) is 23.2 Å². The number of carbonyl (C=O) groups excluding carboxylic acids is 1. The second kappa shape index (κ2) is 9.45. The Kier molecular flexibility index (Phi) is 6.50. The molecule has 7 heteroatoms. The lowest BCUT2D eigenvalue weighted by Gasteiger charge is -2.11. The first-order valence-electron chi connectivity index (χ1n) is 10.0. The summed E-state index contributed by atoms with van der Waals surface area (Å²) >= 11 is 2.82. The number of carbonyl (C=O) groups is 1. The first-order chi connectivity index (χ1) is 14.7. The van der Waals surface area contributed by atoms with Gasteiger partial charge in [-0.2, -0.15) is 0 Å². The van der Waals surface area contributed by atoms with Crippen LogP contribution in [0.25, 0.3) is 20.3 Å². The summed E-state index contributed by atoms with van der Waals surface area (Å²) in [5.74, 6) is 0.148. The van der Waals surface area contributed by atoms with E-state index in [4.69, 9.17) is 4.98 Å². The molecule has 154 valence electrons. The van der Waals surface area contributed by atoms with E-state index >= 15 is 0 Å². The predicted molar refractivity (Wildman–Crippen MR) is 125 cm³/mol. The van der Waals surface area contributed by atoms with Gasteiger partial charge in [-0.25, -0.2) is 4.98 Å². The third-order valence-corrected chi connectivity index (χ3v) is 6.97. The molecule has 1 N–H and O–H groups in total. The van der Waals surface area contributed by atoms with Gasteiger partial charge in [0.25, 0.3) is 5.56 Å². The Morgan fingerprint density at radius 3 is 2.70 bits per heavy atom. The van der Waals surface area contributed by atoms with Crippen LogP contribution in [0.4, 0.5) is 0 Å². The van der Waals surface area contributed by atoms with Gasteiger partial charge in [-0.15, -0.1) is 11.3 Å². The summed E-state index contributed by atoms with van der Waals surface area (Å²) in [5, 5.41) is 4.54. The summed E-state index contributed by atoms with van der Waals surface area (Å²) in [5.41, 5.74) is 1.78. The van der Waals surface area contributed by atoms with E-state index < -0.39 is 0 Å². The van der Waals surface area contributed by atoms with E-state index in [0.717, 1.165) is 34.0 Å². The first kappa shape index (κ1) is 20.6. The van der Waals surface area contributed by atoms with Crippen molar-refractivity contribution in [3.05, 3.63) is 70.5 Å². The molecule has 0 aliphatic carbocycles. The van der Waals surface area contributed by atoms with Crippen molar-refractivity contribution in [2.45, 2.75) is 38.0 Å². The van der Waals surface area contributed by atoms with Gasteiger partial charge in [0.2, 0.25) is 5.91 Å². The van der Waals surface area contributed by atoms with Crippen LogP contribution in [0.3, 0.4) is 0 Å². The van der Waals surface area contributed by atoms with E-state index in [1.54, 1.807) is 4.57 Å². The zero-order chi connectivity index (χ0) is 20.9. The summed E-state index contributed by atoms with van der Waals surface area (Å²) in [6.45, 7) is 3.20. The molecule has 2 aromatic carbocycles. The van der Waals surface area contributed by atoms with Gasteiger partial charge in [0.05, 0.1) is 11.3 Å². The number of hydrogen-bond donors (Lipinski definition) is 1. The fourth-order valence-electron chi connectivity index (χ4n) is 3.25. The van der Waals surface area contributed by atoms with Gasteiger partial charge in [-0.1, -0.05) is 73.6 Å². The number of fused-ring (bicyclic) bond motifs is 3. The number of hydrogen-bond acceptors (Lipinski definition) is 5. The van der Waals surface area contributed by atoms with Crippen molar-refractivity contribution in [1.29, 1.82) is 0 Å². The van der Waals surface area contributed by atoms with Gasteiger partial charge < -0.3 is 5.32 Å². The fraction of sp³-hybridized carbons (Fsp3) is 0.261. The molecule has 0 saturated heterocycles. The summed E-state index contributed by atoms with van der Waals surface area (Å²) in [4.78, 5) is 30.4. The van der Waals surface area contributed by atoms with Crippen molar-refractivity contribution in [2.75, 3.05) is 5.75 Å². The molecule has 2 aromatic heterocycles. The highest BCUT2D eigenvalue weighted by Gasteiger charge is 2.17. The van der Waals surface area contributed by atoms with Crippen molar-refractivity contribution in [2.24, 2.45) is 0 Å². The number of aromatic nitrogens is 2. The molecule has 0 fully saturated rings. The van der Waals surface area contributed by atoms with Crippen molar-refractivity contribution in [3.8, 4) is 0 Å². The highest BCUT2D eigenvalue weighted by molar-refractivity contribution is 7.99. The van der Waals surface area contributed by atoms with Crippen LogP contribution >= 0.6 is 23.1 Å². The molecule has 0 spiro atoms. The smallest absolute Gasteiger partial charge is 0.272 e. The molecule has 5 nitrogen and oxygen atoms in total. The Hall–Kier alpha value is -2.64. The Morgan fingerprint density at radius 2 is 1.90 bits per heavy atom. The molecule has 0 radical (unpaired) electrons. The summed E-state index contributed by atoms with van der Waals surface area (Å²) in [6, 6.07) is 17.8. The molecule has 0 aliphatic heterocycles. The molecular formula is C23H23N3O2S2. The molecule has 0 bridgehead atoms. The normalized spacial score (nSPS) is 11.2. The Bertz CT molecular complexity index is 1230. The van der Waals surface area contributed by atoms with Crippen LogP contribution in [0, 0.1) is 0 Å². The molecule has 0 atom stereocenters. The summed E-state index contributed by atoms with van der Waals surface area (Å²) in [6.07, 6.45) is 1.88. The zero-order valence-electron chi connectivity index (χ0n) is 16.8. The minimum atomic E-state index is -0.0737. The SMILES string of the molecule is CCCCn1c(SCC(=O)NCc2ccccc2)nc2c(sc3ccccc32)c1=O. The van der Waals surface area contributed by atoms with Crippen LogP contribution in [-0.2, 0) is 17.9 Å². The maximum Gasteiger partial charge on any atom is 0.272 e. The van der Waals surface area contributed by atoms with E-state index in [-0.39, 0.29) is 17.2 Å². The maximum atomic E-state index is 13.2. The molecule has 0 saturated carbocycles. The number of amides is 1. The quantitative estimate of drug-likeness (QED) is 0.317. The second-order valence-electron chi connectivity index (χ2n) is 7.03. The Morgan fingerprint density at radius 1 is 1.13 bits per heavy atom. The molecule has 0 aliphatic rings. The van der Waals surface area contributed by atoms with E-state index in [1.165, 1.54) is 23.1 Å². The largest absolute Gasteiger partial charge is 0.351 e. The van der Waals surface area contributed by atoms with Crippen molar-refractivity contribution in [1.82, 2.24) is 14.9 Å². The van der Waals surface area contributed by atoms with Crippen LogP contribution in [0.15, 0.2) is 64.5 Å². The van der Waals surface area contributed by atoms with Crippen molar-refractivity contribution >= 4 is 49.3 Å². The zero-order valence-corrected chi connectivity index (χ0v) is 18.4. The number of thiophene rings is 1. The predicted octanol–water partition coefficient (Wildman–Crippen LogP) is 4.82. The standard InChI is InChI=1S/C23H23N3O2S2/c1-2-3-13-26-22(28)21-20(17-11-7-8-12-18(17)30-21)25-23(26)29-15-19(27)24-14-16-9-5-4-6-10-16/h4-12H,2-3,13-15H2,1H3,(H,24,27). The molecule has 2 heterocycles. The van der Waals surface area contributed by atoms with Crippen LogP contribution in [0.2, 0.25) is 0 Å². The third kappa shape index (κ3) is 4.42. The van der Waals surface area contributed by atoms with E-state index in [0.29, 0.717) is 22.9 Å². The molecule has 4 rings (SSSR count). The lowest BCUT2D eigenvalue weighted by Crippen LogP contribution is -2.26. The monoisotopic (exact) mass is 437 g/mol. The van der Waals surface area contributed by atoms with Gasteiger partial charge in [-0.05, 0) is 18.1 Å². The minimum absolute atomic E-state index is 0.0122. The summed E-state index contributed by atoms with van der Waals surface area (Å²) < 4.78 is 3.48. The van der Waals surface area contributed by atoms with E-state index in [9.17, 15) is 9.59 Å². The van der Waals surface area contributed by atoms with Crippen molar-refractivity contribution < 1.29 is 4.79 Å². The minimum Gasteiger partial charge on any atom is -0.351 e. The van der Waals surface area contributed by atoms with Gasteiger partial charge in [0.1, 0.15) is 4.70 Å². The Labute approximate surface area is 183 Å². The number of unbranched alkanes of at least 4 members (excludes halogenated alkanes) is 1. The molecule has 0 unspecified atom stereocenters. The molecule has 4 aromatic rings. The van der Waals surface area contributed by atoms with E-state index in [1.807, 2.05) is 54.6 Å². The fourth-order valence-corrected chi connectivity index (χ4v) is 5.19. The van der Waals surface area contributed by atoms with Crippen LogP contribution < -0.4 is 10.9 Å². The van der Waals surface area contributed by atoms with Gasteiger partial charge in [-0.3, -0.25) is 14.2 Å². The number of nitrogens with one attached hydrogen (secondary N) is 1. The van der Waals surface area contributed by atoms with Gasteiger partial charge in [0.15, 0.2) is 5.16 Å². The highest BCUT2D eigenvalue weighted by atomic mass is 32.2. The lowest BCUT2D eigenvalue weighted by atomic mass is 10.2. The average molecular weight is 438 g/mol. The number of thioether (sulfide) groups is 1. The molecule has 30 heavy (non-hydrogen) atoms. The van der Waals surface area contributed by atoms with Gasteiger partial charge >= 0.3 is 0 Å². The summed E-state index contributed by atoms with van der Waals surface area (Å²) in [7, 11) is 0. The third-order valence-electron chi connectivity index (χ3n) is 4.85. The number of nitrogens with zero attached hydrogens (tertiary/aromatic N) is 2. The topological polar surface area (TPSA) is 64.0 Å². The lowest BCUT2D eigenvalue weighted by molar-refractivity contribution is -0.118.